The summed E-state index contributed by atoms with van der Waals surface area (Å²) in [6, 6.07) is 21.0. The molecule has 0 bridgehead atoms. The van der Waals surface area contributed by atoms with Gasteiger partial charge in [-0.2, -0.15) is 4.98 Å². The molecule has 0 spiro atoms. The number of anilines is 2. The summed E-state index contributed by atoms with van der Waals surface area (Å²) in [7, 11) is 0. The van der Waals surface area contributed by atoms with E-state index in [1.165, 1.54) is 21.2 Å². The maximum atomic E-state index is 5.96. The van der Waals surface area contributed by atoms with Crippen LogP contribution in [0.2, 0.25) is 0 Å². The molecule has 24 heavy (non-hydrogen) atoms. The lowest BCUT2D eigenvalue weighted by Crippen LogP contribution is -2.00. The average molecular weight is 332 g/mol. The number of hydrogen-bond donors (Lipinski definition) is 2. The van der Waals surface area contributed by atoms with Crippen molar-refractivity contribution >= 4 is 45.2 Å². The van der Waals surface area contributed by atoms with Gasteiger partial charge in [-0.1, -0.05) is 36.4 Å². The lowest BCUT2D eigenvalue weighted by atomic mass is 10.1. The van der Waals surface area contributed by atoms with Gasteiger partial charge in [-0.3, -0.25) is 0 Å². The molecule has 0 unspecified atom stereocenters. The van der Waals surface area contributed by atoms with E-state index < -0.39 is 0 Å². The van der Waals surface area contributed by atoms with E-state index in [4.69, 9.17) is 11.5 Å². The van der Waals surface area contributed by atoms with Crippen molar-refractivity contribution in [1.29, 1.82) is 0 Å². The first-order chi connectivity index (χ1) is 11.7. The van der Waals surface area contributed by atoms with Crippen LogP contribution in [0.4, 0.5) is 11.8 Å². The molecule has 0 aliphatic heterocycles. The van der Waals surface area contributed by atoms with Gasteiger partial charge in [0.25, 0.3) is 0 Å². The van der Waals surface area contributed by atoms with Crippen LogP contribution in [-0.2, 0) is 5.75 Å². The third kappa shape index (κ3) is 2.86. The van der Waals surface area contributed by atoms with Crippen LogP contribution in [0.5, 0.6) is 0 Å². The van der Waals surface area contributed by atoms with Gasteiger partial charge in [-0.15, -0.1) is 11.8 Å². The molecule has 0 amide bonds. The first kappa shape index (κ1) is 14.8. The molecule has 0 saturated heterocycles. The molecule has 118 valence electrons. The minimum atomic E-state index is 0.207. The molecular weight excluding hydrogens is 316 g/mol. The Kier molecular flexibility index (Phi) is 3.70. The maximum absolute atomic E-state index is 5.96. The van der Waals surface area contributed by atoms with Gasteiger partial charge in [0, 0.05) is 16.0 Å². The zero-order valence-corrected chi connectivity index (χ0v) is 13.8. The van der Waals surface area contributed by atoms with Crippen molar-refractivity contribution in [2.75, 3.05) is 11.5 Å². The molecule has 0 aliphatic carbocycles. The fourth-order valence-electron chi connectivity index (χ4n) is 2.73. The number of benzene rings is 3. The molecule has 4 nitrogen and oxygen atoms in total. The first-order valence-electron chi connectivity index (χ1n) is 7.62. The lowest BCUT2D eigenvalue weighted by Gasteiger charge is -2.07. The largest absolute Gasteiger partial charge is 0.383 e. The van der Waals surface area contributed by atoms with E-state index in [-0.39, 0.29) is 5.95 Å². The smallest absolute Gasteiger partial charge is 0.222 e. The fraction of sp³-hybridized carbons (Fsp3) is 0.0526. The van der Waals surface area contributed by atoms with E-state index in [1.807, 2.05) is 12.1 Å². The molecule has 4 aromatic rings. The quantitative estimate of drug-likeness (QED) is 0.549. The molecule has 5 heteroatoms. The number of fused-ring (bicyclic) bond motifs is 2. The molecule has 0 radical (unpaired) electrons. The highest BCUT2D eigenvalue weighted by molar-refractivity contribution is 7.98. The van der Waals surface area contributed by atoms with Crippen LogP contribution in [0, 0.1) is 0 Å². The van der Waals surface area contributed by atoms with E-state index in [1.54, 1.807) is 11.8 Å². The third-order valence-corrected chi connectivity index (χ3v) is 5.00. The summed E-state index contributed by atoms with van der Waals surface area (Å²) < 4.78 is 0. The highest BCUT2D eigenvalue weighted by atomic mass is 32.2. The second kappa shape index (κ2) is 6.02. The first-order valence-corrected chi connectivity index (χ1v) is 8.61. The highest BCUT2D eigenvalue weighted by Crippen LogP contribution is 2.28. The van der Waals surface area contributed by atoms with E-state index in [9.17, 15) is 0 Å². The molecule has 3 aromatic carbocycles. The minimum absolute atomic E-state index is 0.207. The van der Waals surface area contributed by atoms with Crippen LogP contribution in [0.15, 0.2) is 65.6 Å². The van der Waals surface area contributed by atoms with Crippen molar-refractivity contribution in [2.45, 2.75) is 10.6 Å². The van der Waals surface area contributed by atoms with Crippen LogP contribution >= 0.6 is 11.8 Å². The summed E-state index contributed by atoms with van der Waals surface area (Å²) in [6.07, 6.45) is 0. The minimum Gasteiger partial charge on any atom is -0.383 e. The van der Waals surface area contributed by atoms with Crippen LogP contribution in [0.1, 0.15) is 5.56 Å². The molecule has 0 fully saturated rings. The molecule has 0 atom stereocenters. The summed E-state index contributed by atoms with van der Waals surface area (Å²) >= 11 is 1.80. The topological polar surface area (TPSA) is 77.8 Å². The zero-order valence-electron chi connectivity index (χ0n) is 12.9. The van der Waals surface area contributed by atoms with Crippen molar-refractivity contribution < 1.29 is 0 Å². The monoisotopic (exact) mass is 332 g/mol. The van der Waals surface area contributed by atoms with Crippen molar-refractivity contribution in [1.82, 2.24) is 9.97 Å². The van der Waals surface area contributed by atoms with Gasteiger partial charge in [0.05, 0.1) is 5.52 Å². The Bertz CT molecular complexity index is 1050. The third-order valence-electron chi connectivity index (χ3n) is 3.93. The Morgan fingerprint density at radius 2 is 1.67 bits per heavy atom. The maximum Gasteiger partial charge on any atom is 0.222 e. The van der Waals surface area contributed by atoms with Crippen LogP contribution in [0.25, 0.3) is 21.7 Å². The van der Waals surface area contributed by atoms with E-state index in [0.717, 1.165) is 16.7 Å². The van der Waals surface area contributed by atoms with E-state index in [0.29, 0.717) is 5.82 Å². The normalized spacial score (nSPS) is 11.2. The molecule has 0 saturated carbocycles. The molecular formula is C19H16N4S. The van der Waals surface area contributed by atoms with Gasteiger partial charge in [0.2, 0.25) is 5.95 Å². The molecule has 0 aliphatic rings. The number of nitrogens with zero attached hydrogens (tertiary/aromatic N) is 2. The standard InChI is InChI=1S/C19H16N4S/c20-18-16-9-12(5-8-17(16)22-19(21)23-18)11-24-15-7-6-13-3-1-2-4-14(13)10-15/h1-10H,11H2,(H4,20,21,22,23). The van der Waals surface area contributed by atoms with Gasteiger partial charge in [-0.25, -0.2) is 4.98 Å². The van der Waals surface area contributed by atoms with Crippen molar-refractivity contribution in [2.24, 2.45) is 0 Å². The summed E-state index contributed by atoms with van der Waals surface area (Å²) in [5.74, 6) is 1.49. The van der Waals surface area contributed by atoms with Gasteiger partial charge < -0.3 is 11.5 Å². The van der Waals surface area contributed by atoms with Gasteiger partial charge in [0.1, 0.15) is 5.82 Å². The number of rotatable bonds is 3. The van der Waals surface area contributed by atoms with Gasteiger partial charge >= 0.3 is 0 Å². The van der Waals surface area contributed by atoms with Gasteiger partial charge in [-0.05, 0) is 40.6 Å². The number of nitrogen functional groups attached to an aromatic ring is 2. The molecule has 1 aromatic heterocycles. The Balaban J connectivity index is 1.59. The average Bonchev–Trinajstić information content (AvgIpc) is 2.60. The Morgan fingerprint density at radius 3 is 2.54 bits per heavy atom. The zero-order chi connectivity index (χ0) is 16.5. The second-order valence-corrected chi connectivity index (χ2v) is 6.66. The van der Waals surface area contributed by atoms with E-state index in [2.05, 4.69) is 58.5 Å². The SMILES string of the molecule is Nc1nc(N)c2cc(CSc3ccc4ccccc4c3)ccc2n1. The van der Waals surface area contributed by atoms with Gasteiger partial charge in [0.15, 0.2) is 0 Å². The summed E-state index contributed by atoms with van der Waals surface area (Å²) in [6.45, 7) is 0. The molecule has 1 heterocycles. The van der Waals surface area contributed by atoms with Crippen LogP contribution < -0.4 is 11.5 Å². The molecule has 4 N–H and O–H groups in total. The van der Waals surface area contributed by atoms with Crippen LogP contribution in [0.3, 0.4) is 0 Å². The Labute approximate surface area is 143 Å². The summed E-state index contributed by atoms with van der Waals surface area (Å²) in [5, 5.41) is 3.37. The van der Waals surface area contributed by atoms with Crippen molar-refractivity contribution in [3.05, 3.63) is 66.2 Å². The number of nitrogens with two attached hydrogens (primary N) is 2. The summed E-state index contributed by atoms with van der Waals surface area (Å²) in [5.41, 5.74) is 13.6. The number of thioether (sulfide) groups is 1. The fourth-order valence-corrected chi connectivity index (χ4v) is 3.62. The highest BCUT2D eigenvalue weighted by Gasteiger charge is 2.05. The number of hydrogen-bond acceptors (Lipinski definition) is 5. The Hall–Kier alpha value is -2.79. The predicted octanol–water partition coefficient (Wildman–Crippen LogP) is 4.24. The Morgan fingerprint density at radius 1 is 0.833 bits per heavy atom. The van der Waals surface area contributed by atoms with Crippen LogP contribution in [-0.4, -0.2) is 9.97 Å². The predicted molar refractivity (Wildman–Crippen MR) is 102 cm³/mol. The number of aromatic nitrogens is 2. The lowest BCUT2D eigenvalue weighted by molar-refractivity contribution is 1.24. The van der Waals surface area contributed by atoms with Crippen molar-refractivity contribution in [3.63, 3.8) is 0 Å². The van der Waals surface area contributed by atoms with Crippen molar-refractivity contribution in [3.8, 4) is 0 Å². The molecule has 4 rings (SSSR count). The second-order valence-electron chi connectivity index (χ2n) is 5.62. The summed E-state index contributed by atoms with van der Waals surface area (Å²) in [4.78, 5) is 9.49. The van der Waals surface area contributed by atoms with E-state index >= 15 is 0 Å².